The first-order chi connectivity index (χ1) is 9.85. The lowest BCUT2D eigenvalue weighted by Crippen LogP contribution is -2.13. The molecular weight excluding hydrogens is 242 g/mol. The number of rotatable bonds is 3. The van der Waals surface area contributed by atoms with Gasteiger partial charge < -0.3 is 0 Å². The summed E-state index contributed by atoms with van der Waals surface area (Å²) in [5, 5.41) is 0. The van der Waals surface area contributed by atoms with E-state index in [-0.39, 0.29) is 0 Å². The number of fused-ring (bicyclic) bond motifs is 1. The second-order valence-electron chi connectivity index (χ2n) is 5.62. The lowest BCUT2D eigenvalue weighted by Gasteiger charge is -2.23. The second kappa shape index (κ2) is 5.78. The van der Waals surface area contributed by atoms with Gasteiger partial charge in [-0.2, -0.15) is 0 Å². The fourth-order valence-corrected chi connectivity index (χ4v) is 3.51. The van der Waals surface area contributed by atoms with E-state index in [0.717, 1.165) is 19.3 Å². The summed E-state index contributed by atoms with van der Waals surface area (Å²) in [6.45, 7) is 4.55. The third-order valence-corrected chi connectivity index (χ3v) is 4.45. The molecule has 0 aliphatic heterocycles. The van der Waals surface area contributed by atoms with E-state index in [9.17, 15) is 0 Å². The summed E-state index contributed by atoms with van der Waals surface area (Å²) in [5.41, 5.74) is 8.48. The van der Waals surface area contributed by atoms with Crippen LogP contribution in [0.25, 0.3) is 11.3 Å². The van der Waals surface area contributed by atoms with Gasteiger partial charge in [-0.25, -0.2) is 0 Å². The fraction of sp³-hybridized carbons (Fsp3) is 0.421. The molecule has 1 aliphatic rings. The molecule has 0 spiro atoms. The molecule has 1 heteroatoms. The molecule has 0 saturated heterocycles. The first-order valence-corrected chi connectivity index (χ1v) is 7.94. The van der Waals surface area contributed by atoms with Gasteiger partial charge >= 0.3 is 0 Å². The van der Waals surface area contributed by atoms with Gasteiger partial charge in [-0.05, 0) is 55.2 Å². The molecule has 104 valence electrons. The summed E-state index contributed by atoms with van der Waals surface area (Å²) >= 11 is 0. The number of hydrogen-bond acceptors (Lipinski definition) is 1. The molecule has 0 fully saturated rings. The van der Waals surface area contributed by atoms with Crippen LogP contribution in [0.2, 0.25) is 0 Å². The van der Waals surface area contributed by atoms with Crippen molar-refractivity contribution in [1.82, 2.24) is 4.98 Å². The van der Waals surface area contributed by atoms with Crippen molar-refractivity contribution in [3.05, 3.63) is 52.7 Å². The van der Waals surface area contributed by atoms with Crippen LogP contribution < -0.4 is 0 Å². The van der Waals surface area contributed by atoms with Crippen molar-refractivity contribution in [2.45, 2.75) is 52.4 Å². The van der Waals surface area contributed by atoms with Gasteiger partial charge in [-0.1, -0.05) is 44.2 Å². The van der Waals surface area contributed by atoms with Crippen LogP contribution in [0.5, 0.6) is 0 Å². The normalized spacial score (nSPS) is 14.1. The summed E-state index contributed by atoms with van der Waals surface area (Å²) in [6, 6.07) is 10.7. The molecule has 20 heavy (non-hydrogen) atoms. The summed E-state index contributed by atoms with van der Waals surface area (Å²) in [7, 11) is 0. The standard InChI is InChI=1S/C19H23N/c1-3-15-16(4-2)19(14-10-6-5-7-11-14)20-18-13-9-8-12-17(15)18/h5-7,10-11H,3-4,8-9,12-13H2,1-2H3. The lowest BCUT2D eigenvalue weighted by atomic mass is 9.86. The molecule has 0 amide bonds. The SMILES string of the molecule is CCc1c(-c2ccccc2)nc2c(c1CC)CCCC2. The largest absolute Gasteiger partial charge is 0.252 e. The van der Waals surface area contributed by atoms with E-state index in [4.69, 9.17) is 4.98 Å². The van der Waals surface area contributed by atoms with Gasteiger partial charge in [0.05, 0.1) is 5.69 Å². The van der Waals surface area contributed by atoms with E-state index >= 15 is 0 Å². The van der Waals surface area contributed by atoms with E-state index in [0.29, 0.717) is 0 Å². The molecule has 0 saturated carbocycles. The maximum Gasteiger partial charge on any atom is 0.0740 e. The maximum atomic E-state index is 5.06. The minimum Gasteiger partial charge on any atom is -0.252 e. The highest BCUT2D eigenvalue weighted by molar-refractivity contribution is 5.66. The Labute approximate surface area is 122 Å². The smallest absolute Gasteiger partial charge is 0.0740 e. The van der Waals surface area contributed by atoms with E-state index in [2.05, 4.69) is 44.2 Å². The van der Waals surface area contributed by atoms with Crippen molar-refractivity contribution < 1.29 is 0 Å². The number of pyridine rings is 1. The predicted molar refractivity (Wildman–Crippen MR) is 85.1 cm³/mol. The van der Waals surface area contributed by atoms with Crippen LogP contribution in [0.1, 0.15) is 49.1 Å². The molecule has 0 unspecified atom stereocenters. The Hall–Kier alpha value is -1.63. The molecule has 1 heterocycles. The van der Waals surface area contributed by atoms with E-state index in [1.807, 2.05) is 0 Å². The Morgan fingerprint density at radius 1 is 0.900 bits per heavy atom. The summed E-state index contributed by atoms with van der Waals surface area (Å²) in [4.78, 5) is 5.06. The van der Waals surface area contributed by atoms with E-state index in [1.54, 1.807) is 11.1 Å². The molecule has 3 rings (SSSR count). The number of hydrogen-bond donors (Lipinski definition) is 0. The third-order valence-electron chi connectivity index (χ3n) is 4.45. The van der Waals surface area contributed by atoms with Crippen LogP contribution in [-0.4, -0.2) is 4.98 Å². The predicted octanol–water partition coefficient (Wildman–Crippen LogP) is 4.75. The molecule has 1 aromatic carbocycles. The summed E-state index contributed by atoms with van der Waals surface area (Å²) in [6.07, 6.45) is 7.22. The third kappa shape index (κ3) is 2.26. The zero-order valence-electron chi connectivity index (χ0n) is 12.6. The topological polar surface area (TPSA) is 12.9 Å². The highest BCUT2D eigenvalue weighted by atomic mass is 14.7. The highest BCUT2D eigenvalue weighted by Crippen LogP contribution is 2.32. The molecule has 1 nitrogen and oxygen atoms in total. The Balaban J connectivity index is 2.24. The molecule has 2 aromatic rings. The van der Waals surface area contributed by atoms with Crippen molar-refractivity contribution in [3.8, 4) is 11.3 Å². The number of benzene rings is 1. The Kier molecular flexibility index (Phi) is 3.86. The maximum absolute atomic E-state index is 5.06. The van der Waals surface area contributed by atoms with Gasteiger partial charge in [0.15, 0.2) is 0 Å². The number of aryl methyl sites for hydroxylation is 1. The molecular formula is C19H23N. The van der Waals surface area contributed by atoms with Crippen LogP contribution in [0, 0.1) is 0 Å². The lowest BCUT2D eigenvalue weighted by molar-refractivity contribution is 0.659. The summed E-state index contributed by atoms with van der Waals surface area (Å²) < 4.78 is 0. The second-order valence-corrected chi connectivity index (χ2v) is 5.62. The molecule has 1 aliphatic carbocycles. The highest BCUT2D eigenvalue weighted by Gasteiger charge is 2.20. The van der Waals surface area contributed by atoms with Gasteiger partial charge in [0.25, 0.3) is 0 Å². The summed E-state index contributed by atoms with van der Waals surface area (Å²) in [5.74, 6) is 0. The zero-order chi connectivity index (χ0) is 13.9. The van der Waals surface area contributed by atoms with Crippen LogP contribution in [0.4, 0.5) is 0 Å². The molecule has 0 N–H and O–H groups in total. The van der Waals surface area contributed by atoms with Gasteiger partial charge in [-0.3, -0.25) is 4.98 Å². The Morgan fingerprint density at radius 2 is 1.60 bits per heavy atom. The fourth-order valence-electron chi connectivity index (χ4n) is 3.51. The van der Waals surface area contributed by atoms with Crippen LogP contribution >= 0.6 is 0 Å². The number of aromatic nitrogens is 1. The van der Waals surface area contributed by atoms with Crippen LogP contribution in [-0.2, 0) is 25.7 Å². The van der Waals surface area contributed by atoms with Crippen molar-refractivity contribution in [2.24, 2.45) is 0 Å². The van der Waals surface area contributed by atoms with Crippen molar-refractivity contribution in [2.75, 3.05) is 0 Å². The minimum atomic E-state index is 1.08. The van der Waals surface area contributed by atoms with E-state index in [1.165, 1.54) is 41.8 Å². The monoisotopic (exact) mass is 265 g/mol. The first kappa shape index (κ1) is 13.4. The average molecular weight is 265 g/mol. The van der Waals surface area contributed by atoms with Gasteiger partial charge in [0, 0.05) is 11.3 Å². The van der Waals surface area contributed by atoms with Crippen molar-refractivity contribution >= 4 is 0 Å². The minimum absolute atomic E-state index is 1.08. The van der Waals surface area contributed by atoms with Crippen molar-refractivity contribution in [3.63, 3.8) is 0 Å². The van der Waals surface area contributed by atoms with Gasteiger partial charge in [0.1, 0.15) is 0 Å². The molecule has 0 bridgehead atoms. The Bertz CT molecular complexity index is 599. The first-order valence-electron chi connectivity index (χ1n) is 7.94. The van der Waals surface area contributed by atoms with Gasteiger partial charge in [0.2, 0.25) is 0 Å². The van der Waals surface area contributed by atoms with Crippen LogP contribution in [0.3, 0.4) is 0 Å². The zero-order valence-corrected chi connectivity index (χ0v) is 12.6. The Morgan fingerprint density at radius 3 is 2.30 bits per heavy atom. The quantitative estimate of drug-likeness (QED) is 0.780. The van der Waals surface area contributed by atoms with Crippen LogP contribution in [0.15, 0.2) is 30.3 Å². The van der Waals surface area contributed by atoms with Crippen molar-refractivity contribution in [1.29, 1.82) is 0 Å². The van der Waals surface area contributed by atoms with Gasteiger partial charge in [-0.15, -0.1) is 0 Å². The average Bonchev–Trinajstić information content (AvgIpc) is 2.53. The molecule has 1 aromatic heterocycles. The molecule has 0 atom stereocenters. The van der Waals surface area contributed by atoms with E-state index < -0.39 is 0 Å². The number of nitrogens with zero attached hydrogens (tertiary/aromatic N) is 1. The molecule has 0 radical (unpaired) electrons.